The largest absolute Gasteiger partial charge is 0.289 e. The normalized spacial score (nSPS) is 11.7. The molecule has 0 N–H and O–H groups in total. The molecule has 3 rings (SSSR count). The Balaban J connectivity index is 2.13. The zero-order valence-corrected chi connectivity index (χ0v) is 13.9. The molecule has 3 aromatic rings. The van der Waals surface area contributed by atoms with Crippen LogP contribution in [0.1, 0.15) is 28.4 Å². The van der Waals surface area contributed by atoms with Gasteiger partial charge in [0, 0.05) is 16.2 Å². The summed E-state index contributed by atoms with van der Waals surface area (Å²) in [5, 5.41) is 2.73. The van der Waals surface area contributed by atoms with Crippen molar-refractivity contribution >= 4 is 33.7 Å². The number of carbonyl (C=O) groups is 1. The Hall–Kier alpha value is -2.38. The number of ketones is 1. The molecule has 0 aliphatic carbocycles. The van der Waals surface area contributed by atoms with Gasteiger partial charge < -0.3 is 0 Å². The van der Waals surface area contributed by atoms with Crippen molar-refractivity contribution in [1.29, 1.82) is 0 Å². The van der Waals surface area contributed by atoms with Gasteiger partial charge in [0.25, 0.3) is 0 Å². The van der Waals surface area contributed by atoms with E-state index in [1.165, 1.54) is 0 Å². The molecule has 2 heteroatoms. The minimum absolute atomic E-state index is 0.0368. The monoisotopic (exact) mass is 320 g/mol. The SMILES string of the molecule is C/C=C(/C(=O)c1cccc2ccccc12)c1ccc(Cl)cc1C. The minimum atomic E-state index is 0.0368. The summed E-state index contributed by atoms with van der Waals surface area (Å²) in [6.45, 7) is 3.87. The fraction of sp³-hybridized carbons (Fsp3) is 0.0952. The molecule has 3 aromatic carbocycles. The predicted molar refractivity (Wildman–Crippen MR) is 98.1 cm³/mol. The molecule has 0 aliphatic rings. The van der Waals surface area contributed by atoms with E-state index < -0.39 is 0 Å². The van der Waals surface area contributed by atoms with Crippen molar-refractivity contribution in [2.75, 3.05) is 0 Å². The maximum atomic E-state index is 13.1. The van der Waals surface area contributed by atoms with Crippen LogP contribution in [0.4, 0.5) is 0 Å². The highest BCUT2D eigenvalue weighted by molar-refractivity contribution is 6.33. The number of carbonyl (C=O) groups excluding carboxylic acids is 1. The molecule has 0 unspecified atom stereocenters. The van der Waals surface area contributed by atoms with Crippen LogP contribution >= 0.6 is 11.6 Å². The Kier molecular flexibility index (Phi) is 4.31. The molecular formula is C21H17ClO. The van der Waals surface area contributed by atoms with Crippen molar-refractivity contribution < 1.29 is 4.79 Å². The van der Waals surface area contributed by atoms with Crippen LogP contribution < -0.4 is 0 Å². The second-order valence-corrected chi connectivity index (χ2v) is 5.95. The van der Waals surface area contributed by atoms with Crippen molar-refractivity contribution in [2.45, 2.75) is 13.8 Å². The molecule has 0 heterocycles. The van der Waals surface area contributed by atoms with Gasteiger partial charge in [0.2, 0.25) is 0 Å². The molecule has 0 aliphatic heterocycles. The molecule has 0 fully saturated rings. The summed E-state index contributed by atoms with van der Waals surface area (Å²) in [6, 6.07) is 19.4. The number of rotatable bonds is 3. The molecule has 23 heavy (non-hydrogen) atoms. The van der Waals surface area contributed by atoms with Crippen LogP contribution in [0.5, 0.6) is 0 Å². The summed E-state index contributed by atoms with van der Waals surface area (Å²) >= 11 is 6.04. The van der Waals surface area contributed by atoms with Gasteiger partial charge in [0.05, 0.1) is 0 Å². The third-order valence-corrected chi connectivity index (χ3v) is 4.28. The summed E-state index contributed by atoms with van der Waals surface area (Å²) in [5.41, 5.74) is 3.36. The lowest BCUT2D eigenvalue weighted by Gasteiger charge is -2.12. The lowest BCUT2D eigenvalue weighted by molar-refractivity contribution is 0.105. The number of aryl methyl sites for hydroxylation is 1. The van der Waals surface area contributed by atoms with Crippen LogP contribution in [0.2, 0.25) is 5.02 Å². The van der Waals surface area contributed by atoms with Crippen molar-refractivity contribution in [3.05, 3.63) is 88.5 Å². The van der Waals surface area contributed by atoms with Gasteiger partial charge in [-0.05, 0) is 47.9 Å². The number of halogens is 1. The van der Waals surface area contributed by atoms with E-state index in [1.54, 1.807) is 0 Å². The van der Waals surface area contributed by atoms with E-state index in [1.807, 2.05) is 80.6 Å². The first-order valence-electron chi connectivity index (χ1n) is 7.57. The van der Waals surface area contributed by atoms with Crippen molar-refractivity contribution in [1.82, 2.24) is 0 Å². The topological polar surface area (TPSA) is 17.1 Å². The molecule has 1 nitrogen and oxygen atoms in total. The lowest BCUT2D eigenvalue weighted by Crippen LogP contribution is -2.05. The summed E-state index contributed by atoms with van der Waals surface area (Å²) in [5.74, 6) is 0.0368. The predicted octanol–water partition coefficient (Wildman–Crippen LogP) is 6.09. The minimum Gasteiger partial charge on any atom is -0.289 e. The molecular weight excluding hydrogens is 304 g/mol. The summed E-state index contributed by atoms with van der Waals surface area (Å²) in [6.07, 6.45) is 1.88. The molecule has 0 radical (unpaired) electrons. The van der Waals surface area contributed by atoms with Crippen LogP contribution in [0.25, 0.3) is 16.3 Å². The maximum Gasteiger partial charge on any atom is 0.193 e. The Labute approximate surface area is 141 Å². The van der Waals surface area contributed by atoms with Crippen molar-refractivity contribution in [3.8, 4) is 0 Å². The van der Waals surface area contributed by atoms with Gasteiger partial charge in [0.1, 0.15) is 0 Å². The number of benzene rings is 3. The van der Waals surface area contributed by atoms with Crippen LogP contribution in [0.15, 0.2) is 66.7 Å². The average molecular weight is 321 g/mol. The molecule has 0 saturated carbocycles. The van der Waals surface area contributed by atoms with Gasteiger partial charge in [-0.15, -0.1) is 0 Å². The highest BCUT2D eigenvalue weighted by Gasteiger charge is 2.17. The molecule has 0 saturated heterocycles. The second kappa shape index (κ2) is 6.39. The van der Waals surface area contributed by atoms with Gasteiger partial charge in [-0.1, -0.05) is 66.2 Å². The van der Waals surface area contributed by atoms with Crippen LogP contribution in [0.3, 0.4) is 0 Å². The molecule has 0 atom stereocenters. The first kappa shape index (κ1) is 15.5. The summed E-state index contributed by atoms with van der Waals surface area (Å²) in [4.78, 5) is 13.1. The standard InChI is InChI=1S/C21H17ClO/c1-3-17(18-12-11-16(22)13-14(18)2)21(23)20-10-6-8-15-7-4-5-9-19(15)20/h3-13H,1-2H3/b17-3+. The molecule has 0 aromatic heterocycles. The van der Waals surface area contributed by atoms with E-state index in [0.29, 0.717) is 10.6 Å². The fourth-order valence-electron chi connectivity index (χ4n) is 2.91. The second-order valence-electron chi connectivity index (χ2n) is 5.52. The van der Waals surface area contributed by atoms with Crippen LogP contribution in [-0.4, -0.2) is 5.78 Å². The third kappa shape index (κ3) is 2.93. The van der Waals surface area contributed by atoms with Crippen LogP contribution in [0, 0.1) is 6.92 Å². The summed E-state index contributed by atoms with van der Waals surface area (Å²) < 4.78 is 0. The van der Waals surface area contributed by atoms with Crippen molar-refractivity contribution in [2.24, 2.45) is 0 Å². The highest BCUT2D eigenvalue weighted by Crippen LogP contribution is 2.28. The zero-order valence-electron chi connectivity index (χ0n) is 13.1. The van der Waals surface area contributed by atoms with E-state index in [2.05, 4.69) is 0 Å². The maximum absolute atomic E-state index is 13.1. The van der Waals surface area contributed by atoms with Gasteiger partial charge in [0.15, 0.2) is 5.78 Å². The van der Waals surface area contributed by atoms with Gasteiger partial charge in [-0.3, -0.25) is 4.79 Å². The van der Waals surface area contributed by atoms with Gasteiger partial charge in [-0.25, -0.2) is 0 Å². The molecule has 0 bridgehead atoms. The number of fused-ring (bicyclic) bond motifs is 1. The Morgan fingerprint density at radius 3 is 2.43 bits per heavy atom. The molecule has 0 amide bonds. The molecule has 0 spiro atoms. The highest BCUT2D eigenvalue weighted by atomic mass is 35.5. The average Bonchev–Trinajstić information content (AvgIpc) is 2.56. The zero-order chi connectivity index (χ0) is 16.4. The quantitative estimate of drug-likeness (QED) is 0.421. The number of hydrogen-bond acceptors (Lipinski definition) is 1. The van der Waals surface area contributed by atoms with E-state index in [9.17, 15) is 4.79 Å². The smallest absolute Gasteiger partial charge is 0.193 e. The molecule has 114 valence electrons. The van der Waals surface area contributed by atoms with Crippen molar-refractivity contribution in [3.63, 3.8) is 0 Å². The van der Waals surface area contributed by atoms with E-state index in [-0.39, 0.29) is 5.78 Å². The van der Waals surface area contributed by atoms with Crippen LogP contribution in [-0.2, 0) is 0 Å². The van der Waals surface area contributed by atoms with E-state index in [0.717, 1.165) is 27.5 Å². The Bertz CT molecular complexity index is 917. The number of Topliss-reactive ketones (excluding diaryl/α,β-unsaturated/α-hetero) is 1. The van der Waals surface area contributed by atoms with E-state index >= 15 is 0 Å². The van der Waals surface area contributed by atoms with Gasteiger partial charge >= 0.3 is 0 Å². The first-order chi connectivity index (χ1) is 11.1. The lowest BCUT2D eigenvalue weighted by atomic mass is 9.91. The third-order valence-electron chi connectivity index (χ3n) is 4.05. The number of allylic oxidation sites excluding steroid dienone is 2. The summed E-state index contributed by atoms with van der Waals surface area (Å²) in [7, 11) is 0. The van der Waals surface area contributed by atoms with Gasteiger partial charge in [-0.2, -0.15) is 0 Å². The Morgan fingerprint density at radius 2 is 1.70 bits per heavy atom. The Morgan fingerprint density at radius 1 is 0.957 bits per heavy atom. The fourth-order valence-corrected chi connectivity index (χ4v) is 3.13. The number of hydrogen-bond donors (Lipinski definition) is 0. The first-order valence-corrected chi connectivity index (χ1v) is 7.95. The van der Waals surface area contributed by atoms with E-state index in [4.69, 9.17) is 11.6 Å².